The molecule has 54 valence electrons. The molecular formula is C7H10N2S. The molecule has 3 heteroatoms. The van der Waals surface area contributed by atoms with Crippen molar-refractivity contribution in [3.63, 3.8) is 0 Å². The third kappa shape index (κ3) is 0.944. The lowest BCUT2D eigenvalue weighted by Crippen LogP contribution is -2.12. The van der Waals surface area contributed by atoms with Crippen LogP contribution in [0.3, 0.4) is 0 Å². The highest BCUT2D eigenvalue weighted by Crippen LogP contribution is 2.28. The number of hydrogen-bond donors (Lipinski definition) is 0. The SMILES string of the molecule is CC1CCn2ccnc2S1. The molecule has 10 heavy (non-hydrogen) atoms. The Kier molecular flexibility index (Phi) is 1.45. The van der Waals surface area contributed by atoms with E-state index in [0.717, 1.165) is 11.8 Å². The van der Waals surface area contributed by atoms with E-state index in [4.69, 9.17) is 0 Å². The van der Waals surface area contributed by atoms with Crippen molar-refractivity contribution in [2.45, 2.75) is 30.3 Å². The summed E-state index contributed by atoms with van der Waals surface area (Å²) in [7, 11) is 0. The normalized spacial score (nSPS) is 24.3. The Morgan fingerprint density at radius 2 is 2.70 bits per heavy atom. The van der Waals surface area contributed by atoms with Crippen LogP contribution in [0.4, 0.5) is 0 Å². The van der Waals surface area contributed by atoms with Crippen molar-refractivity contribution in [3.8, 4) is 0 Å². The predicted octanol–water partition coefficient (Wildman–Crippen LogP) is 1.77. The standard InChI is InChI=1S/C7H10N2S/c1-6-2-4-9-5-3-8-7(9)10-6/h3,5-6H,2,4H2,1H3. The van der Waals surface area contributed by atoms with Crippen molar-refractivity contribution < 1.29 is 0 Å². The van der Waals surface area contributed by atoms with E-state index in [-0.39, 0.29) is 0 Å². The average molecular weight is 154 g/mol. The third-order valence-electron chi connectivity index (χ3n) is 1.76. The number of imidazole rings is 1. The molecule has 1 aromatic heterocycles. The molecule has 0 aliphatic carbocycles. The van der Waals surface area contributed by atoms with Crippen molar-refractivity contribution in [3.05, 3.63) is 12.4 Å². The zero-order valence-electron chi connectivity index (χ0n) is 5.95. The van der Waals surface area contributed by atoms with Gasteiger partial charge in [0.05, 0.1) is 0 Å². The first-order valence-electron chi connectivity index (χ1n) is 3.54. The summed E-state index contributed by atoms with van der Waals surface area (Å²) in [6.45, 7) is 3.40. The van der Waals surface area contributed by atoms with Gasteiger partial charge < -0.3 is 4.57 Å². The van der Waals surface area contributed by atoms with E-state index >= 15 is 0 Å². The molecule has 0 fully saturated rings. The van der Waals surface area contributed by atoms with Gasteiger partial charge in [-0.1, -0.05) is 18.7 Å². The molecule has 0 aromatic carbocycles. The number of hydrogen-bond acceptors (Lipinski definition) is 2. The highest BCUT2D eigenvalue weighted by Gasteiger charge is 2.14. The molecule has 1 unspecified atom stereocenters. The second-order valence-corrected chi connectivity index (χ2v) is 4.03. The third-order valence-corrected chi connectivity index (χ3v) is 2.95. The van der Waals surface area contributed by atoms with Gasteiger partial charge in [-0.15, -0.1) is 0 Å². The van der Waals surface area contributed by atoms with Crippen LogP contribution in [-0.2, 0) is 6.54 Å². The number of fused-ring (bicyclic) bond motifs is 1. The Bertz CT molecular complexity index is 231. The molecular weight excluding hydrogens is 144 g/mol. The molecule has 2 nitrogen and oxygen atoms in total. The van der Waals surface area contributed by atoms with Crippen LogP contribution in [0.5, 0.6) is 0 Å². The molecule has 1 aromatic rings. The van der Waals surface area contributed by atoms with Crippen molar-refractivity contribution in [2.24, 2.45) is 0 Å². The molecule has 2 heterocycles. The van der Waals surface area contributed by atoms with Crippen molar-refractivity contribution in [2.75, 3.05) is 0 Å². The molecule has 0 spiro atoms. The summed E-state index contributed by atoms with van der Waals surface area (Å²) >= 11 is 1.87. The van der Waals surface area contributed by atoms with E-state index in [2.05, 4.69) is 16.5 Å². The van der Waals surface area contributed by atoms with E-state index in [1.165, 1.54) is 11.6 Å². The Morgan fingerprint density at radius 3 is 3.60 bits per heavy atom. The van der Waals surface area contributed by atoms with Crippen molar-refractivity contribution in [1.82, 2.24) is 9.55 Å². The maximum Gasteiger partial charge on any atom is 0.168 e. The Labute approximate surface area is 64.6 Å². The second kappa shape index (κ2) is 2.31. The first-order chi connectivity index (χ1) is 4.86. The molecule has 0 bridgehead atoms. The topological polar surface area (TPSA) is 17.8 Å². The zero-order valence-corrected chi connectivity index (χ0v) is 6.77. The lowest BCUT2D eigenvalue weighted by atomic mass is 10.3. The van der Waals surface area contributed by atoms with Crippen molar-refractivity contribution in [1.29, 1.82) is 0 Å². The Hall–Kier alpha value is -0.440. The zero-order chi connectivity index (χ0) is 6.97. The fourth-order valence-corrected chi connectivity index (χ4v) is 2.14. The molecule has 0 N–H and O–H groups in total. The fraction of sp³-hybridized carbons (Fsp3) is 0.571. The number of aryl methyl sites for hydroxylation is 1. The van der Waals surface area contributed by atoms with Crippen LogP contribution in [-0.4, -0.2) is 14.8 Å². The number of rotatable bonds is 0. The summed E-state index contributed by atoms with van der Waals surface area (Å²) in [6.07, 6.45) is 5.20. The van der Waals surface area contributed by atoms with Crippen LogP contribution >= 0.6 is 11.8 Å². The van der Waals surface area contributed by atoms with Gasteiger partial charge >= 0.3 is 0 Å². The van der Waals surface area contributed by atoms with Gasteiger partial charge in [-0.05, 0) is 6.42 Å². The lowest BCUT2D eigenvalue weighted by Gasteiger charge is -2.18. The summed E-state index contributed by atoms with van der Waals surface area (Å²) < 4.78 is 2.21. The Morgan fingerprint density at radius 1 is 1.80 bits per heavy atom. The van der Waals surface area contributed by atoms with Crippen LogP contribution in [0.2, 0.25) is 0 Å². The molecule has 0 saturated carbocycles. The molecule has 1 aliphatic rings. The molecule has 1 aliphatic heterocycles. The minimum atomic E-state index is 0.745. The van der Waals surface area contributed by atoms with Gasteiger partial charge in [-0.25, -0.2) is 4.98 Å². The van der Waals surface area contributed by atoms with E-state index in [1.807, 2.05) is 24.2 Å². The maximum absolute atomic E-state index is 4.23. The molecule has 0 saturated heterocycles. The monoisotopic (exact) mass is 154 g/mol. The summed E-state index contributed by atoms with van der Waals surface area (Å²) in [5.41, 5.74) is 0. The average Bonchev–Trinajstić information content (AvgIpc) is 2.33. The molecule has 1 atom stereocenters. The predicted molar refractivity (Wildman–Crippen MR) is 42.2 cm³/mol. The first-order valence-corrected chi connectivity index (χ1v) is 4.42. The van der Waals surface area contributed by atoms with Gasteiger partial charge in [0.1, 0.15) is 0 Å². The van der Waals surface area contributed by atoms with Gasteiger partial charge in [0.15, 0.2) is 5.16 Å². The summed E-state index contributed by atoms with van der Waals surface area (Å²) in [4.78, 5) is 4.23. The van der Waals surface area contributed by atoms with E-state index in [9.17, 15) is 0 Å². The first kappa shape index (κ1) is 6.28. The number of nitrogens with zero attached hydrogens (tertiary/aromatic N) is 2. The van der Waals surface area contributed by atoms with Crippen LogP contribution in [0.1, 0.15) is 13.3 Å². The number of aromatic nitrogens is 2. The highest BCUT2D eigenvalue weighted by molar-refractivity contribution is 7.99. The van der Waals surface area contributed by atoms with Crippen LogP contribution in [0.15, 0.2) is 17.6 Å². The minimum Gasteiger partial charge on any atom is -0.326 e. The quantitative estimate of drug-likeness (QED) is 0.566. The summed E-state index contributed by atoms with van der Waals surface area (Å²) in [5.74, 6) is 0. The minimum absolute atomic E-state index is 0.745. The largest absolute Gasteiger partial charge is 0.326 e. The lowest BCUT2D eigenvalue weighted by molar-refractivity contribution is 0.570. The van der Waals surface area contributed by atoms with E-state index in [1.54, 1.807) is 0 Å². The van der Waals surface area contributed by atoms with E-state index in [0.29, 0.717) is 0 Å². The molecule has 0 amide bonds. The van der Waals surface area contributed by atoms with Gasteiger partial charge in [0.25, 0.3) is 0 Å². The van der Waals surface area contributed by atoms with Crippen LogP contribution in [0, 0.1) is 0 Å². The smallest absolute Gasteiger partial charge is 0.168 e. The molecule has 2 rings (SSSR count). The van der Waals surface area contributed by atoms with Crippen LogP contribution in [0.25, 0.3) is 0 Å². The van der Waals surface area contributed by atoms with Crippen molar-refractivity contribution >= 4 is 11.8 Å². The maximum atomic E-state index is 4.23. The second-order valence-electron chi connectivity index (χ2n) is 2.62. The molecule has 0 radical (unpaired) electrons. The summed E-state index contributed by atoms with van der Waals surface area (Å²) in [6, 6.07) is 0. The van der Waals surface area contributed by atoms with Gasteiger partial charge in [-0.2, -0.15) is 0 Å². The Balaban J connectivity index is 2.30. The fourth-order valence-electron chi connectivity index (χ4n) is 1.14. The van der Waals surface area contributed by atoms with E-state index < -0.39 is 0 Å². The van der Waals surface area contributed by atoms with Gasteiger partial charge in [-0.3, -0.25) is 0 Å². The van der Waals surface area contributed by atoms with Gasteiger partial charge in [0.2, 0.25) is 0 Å². The van der Waals surface area contributed by atoms with Gasteiger partial charge in [0, 0.05) is 24.2 Å². The highest BCUT2D eigenvalue weighted by atomic mass is 32.2. The summed E-state index contributed by atoms with van der Waals surface area (Å²) in [5, 5.41) is 1.92. The van der Waals surface area contributed by atoms with Crippen LogP contribution < -0.4 is 0 Å². The number of thioether (sulfide) groups is 1.